The monoisotopic (exact) mass is 454 g/mol. The van der Waals surface area contributed by atoms with Gasteiger partial charge < -0.3 is 16.4 Å². The third kappa shape index (κ3) is 8.04. The van der Waals surface area contributed by atoms with Gasteiger partial charge in [-0.1, -0.05) is 50.5 Å². The van der Waals surface area contributed by atoms with Crippen LogP contribution in [0.15, 0.2) is 48.5 Å². The molecule has 0 saturated heterocycles. The Labute approximate surface area is 192 Å². The van der Waals surface area contributed by atoms with Crippen molar-refractivity contribution in [1.29, 1.82) is 0 Å². The van der Waals surface area contributed by atoms with Gasteiger partial charge in [-0.25, -0.2) is 5.06 Å². The number of nitrogens with zero attached hydrogens (tertiary/aromatic N) is 1. The average molecular weight is 455 g/mol. The summed E-state index contributed by atoms with van der Waals surface area (Å²) in [5, 5.41) is 15.2. The minimum Gasteiger partial charge on any atom is -0.366 e. The Morgan fingerprint density at radius 3 is 2.27 bits per heavy atom. The van der Waals surface area contributed by atoms with Crippen LogP contribution in [0.25, 0.3) is 11.1 Å². The van der Waals surface area contributed by atoms with Gasteiger partial charge in [0.1, 0.15) is 0 Å². The van der Waals surface area contributed by atoms with Crippen molar-refractivity contribution in [2.24, 2.45) is 11.7 Å². The highest BCUT2D eigenvalue weighted by Gasteiger charge is 2.20. The summed E-state index contributed by atoms with van der Waals surface area (Å²) in [5.41, 5.74) is 7.57. The Balaban J connectivity index is 1.97. The molecule has 0 aliphatic heterocycles. The van der Waals surface area contributed by atoms with Crippen LogP contribution in [0.5, 0.6) is 0 Å². The first-order chi connectivity index (χ1) is 15.8. The summed E-state index contributed by atoms with van der Waals surface area (Å²) in [6.07, 6.45) is 3.48. The van der Waals surface area contributed by atoms with E-state index in [9.17, 15) is 24.4 Å². The molecule has 33 heavy (non-hydrogen) atoms. The number of unbranched alkanes of at least 4 members (excludes halogenated alkanes) is 2. The second-order valence-electron chi connectivity index (χ2n) is 7.67. The molecule has 0 bridgehead atoms. The summed E-state index contributed by atoms with van der Waals surface area (Å²) in [4.78, 5) is 47.2. The highest BCUT2D eigenvalue weighted by molar-refractivity contribution is 5.96. The molecular formula is C24H30N4O5. The minimum absolute atomic E-state index is 0.101. The zero-order valence-electron chi connectivity index (χ0n) is 18.6. The second kappa shape index (κ2) is 13.0. The fraction of sp³-hybridized carbons (Fsp3) is 0.333. The van der Waals surface area contributed by atoms with Gasteiger partial charge in [0.05, 0.1) is 19.1 Å². The fourth-order valence-corrected chi connectivity index (χ4v) is 3.36. The van der Waals surface area contributed by atoms with Crippen LogP contribution < -0.4 is 16.4 Å². The highest BCUT2D eigenvalue weighted by Crippen LogP contribution is 2.21. The van der Waals surface area contributed by atoms with Crippen LogP contribution in [0, 0.1) is 5.92 Å². The molecule has 9 heteroatoms. The minimum atomic E-state index is -0.579. The van der Waals surface area contributed by atoms with Crippen molar-refractivity contribution in [3.05, 3.63) is 59.7 Å². The number of carbonyl (C=O) groups is 4. The molecule has 0 aromatic heterocycles. The predicted octanol–water partition coefficient (Wildman–Crippen LogP) is 2.30. The summed E-state index contributed by atoms with van der Waals surface area (Å²) >= 11 is 0. The largest absolute Gasteiger partial charge is 0.366 e. The Morgan fingerprint density at radius 1 is 1.03 bits per heavy atom. The maximum Gasteiger partial charge on any atom is 0.252 e. The zero-order chi connectivity index (χ0) is 24.2. The molecule has 0 spiro atoms. The van der Waals surface area contributed by atoms with Crippen LogP contribution in [0.3, 0.4) is 0 Å². The van der Waals surface area contributed by atoms with E-state index in [0.29, 0.717) is 22.6 Å². The van der Waals surface area contributed by atoms with E-state index in [-0.39, 0.29) is 31.4 Å². The summed E-state index contributed by atoms with van der Waals surface area (Å²) < 4.78 is 0. The van der Waals surface area contributed by atoms with Gasteiger partial charge in [-0.15, -0.1) is 0 Å². The Kier molecular flexibility index (Phi) is 10.0. The number of nitrogens with two attached hydrogens (primary N) is 1. The third-order valence-corrected chi connectivity index (χ3v) is 5.17. The van der Waals surface area contributed by atoms with Crippen molar-refractivity contribution in [1.82, 2.24) is 15.7 Å². The molecule has 5 N–H and O–H groups in total. The molecule has 0 heterocycles. The zero-order valence-corrected chi connectivity index (χ0v) is 18.6. The SMILES string of the molecule is CCCCC[C@H](CN(O)C=O)C(=O)NCNC(=O)c1cccc(-c2cccc(C(N)=O)c2)c1. The summed E-state index contributed by atoms with van der Waals surface area (Å²) in [6.45, 7) is 1.83. The van der Waals surface area contributed by atoms with E-state index < -0.39 is 11.8 Å². The van der Waals surface area contributed by atoms with E-state index in [1.54, 1.807) is 36.4 Å². The molecule has 2 rings (SSSR count). The predicted molar refractivity (Wildman–Crippen MR) is 123 cm³/mol. The Hall–Kier alpha value is -3.72. The number of amides is 4. The van der Waals surface area contributed by atoms with Crippen LogP contribution in [0.1, 0.15) is 53.3 Å². The molecule has 4 amide bonds. The maximum atomic E-state index is 12.6. The lowest BCUT2D eigenvalue weighted by Gasteiger charge is -2.19. The van der Waals surface area contributed by atoms with Crippen molar-refractivity contribution < 1.29 is 24.4 Å². The van der Waals surface area contributed by atoms with Crippen molar-refractivity contribution in [3.63, 3.8) is 0 Å². The van der Waals surface area contributed by atoms with Crippen molar-refractivity contribution in [2.45, 2.75) is 32.6 Å². The van der Waals surface area contributed by atoms with Crippen LogP contribution in [0.4, 0.5) is 0 Å². The lowest BCUT2D eigenvalue weighted by molar-refractivity contribution is -0.154. The lowest BCUT2D eigenvalue weighted by Crippen LogP contribution is -2.43. The Morgan fingerprint density at radius 2 is 1.67 bits per heavy atom. The van der Waals surface area contributed by atoms with Crippen LogP contribution in [-0.2, 0) is 9.59 Å². The molecule has 9 nitrogen and oxygen atoms in total. The maximum absolute atomic E-state index is 12.6. The van der Waals surface area contributed by atoms with Gasteiger partial charge in [-0.3, -0.25) is 24.4 Å². The number of hydrogen-bond donors (Lipinski definition) is 4. The van der Waals surface area contributed by atoms with Gasteiger partial charge in [0.25, 0.3) is 5.91 Å². The van der Waals surface area contributed by atoms with Crippen LogP contribution in [0.2, 0.25) is 0 Å². The van der Waals surface area contributed by atoms with Gasteiger partial charge in [0.15, 0.2) is 0 Å². The first-order valence-electron chi connectivity index (χ1n) is 10.8. The molecule has 0 unspecified atom stereocenters. The van der Waals surface area contributed by atoms with Gasteiger partial charge in [-0.05, 0) is 41.8 Å². The molecule has 1 atom stereocenters. The highest BCUT2D eigenvalue weighted by atomic mass is 16.5. The smallest absolute Gasteiger partial charge is 0.252 e. The third-order valence-electron chi connectivity index (χ3n) is 5.17. The molecule has 176 valence electrons. The number of primary amides is 1. The van der Waals surface area contributed by atoms with E-state index in [0.717, 1.165) is 30.4 Å². The summed E-state index contributed by atoms with van der Waals surface area (Å²) in [5.74, 6) is -1.86. The topological polar surface area (TPSA) is 142 Å². The van der Waals surface area contributed by atoms with Gasteiger partial charge in [0, 0.05) is 11.1 Å². The number of nitrogens with one attached hydrogen (secondary N) is 2. The normalized spacial score (nSPS) is 11.3. The van der Waals surface area contributed by atoms with E-state index in [4.69, 9.17) is 5.73 Å². The van der Waals surface area contributed by atoms with Crippen LogP contribution >= 0.6 is 0 Å². The molecule has 0 radical (unpaired) electrons. The number of hydroxylamine groups is 2. The first-order valence-corrected chi connectivity index (χ1v) is 10.8. The molecule has 2 aromatic carbocycles. The van der Waals surface area contributed by atoms with Gasteiger partial charge >= 0.3 is 0 Å². The van der Waals surface area contributed by atoms with Gasteiger partial charge in [0.2, 0.25) is 18.2 Å². The number of rotatable bonds is 13. The molecular weight excluding hydrogens is 424 g/mol. The van der Waals surface area contributed by atoms with E-state index in [1.807, 2.05) is 19.1 Å². The molecule has 0 aliphatic carbocycles. The first kappa shape index (κ1) is 25.5. The molecule has 0 aliphatic rings. The van der Waals surface area contributed by atoms with E-state index >= 15 is 0 Å². The van der Waals surface area contributed by atoms with Crippen molar-refractivity contribution >= 4 is 24.1 Å². The van der Waals surface area contributed by atoms with E-state index in [1.165, 1.54) is 0 Å². The average Bonchev–Trinajstić information content (AvgIpc) is 2.83. The lowest BCUT2D eigenvalue weighted by atomic mass is 10.00. The number of carbonyl (C=O) groups excluding carboxylic acids is 4. The van der Waals surface area contributed by atoms with Crippen molar-refractivity contribution in [3.8, 4) is 11.1 Å². The van der Waals surface area contributed by atoms with E-state index in [2.05, 4.69) is 10.6 Å². The molecule has 0 saturated carbocycles. The molecule has 0 fully saturated rings. The summed E-state index contributed by atoms with van der Waals surface area (Å²) in [7, 11) is 0. The fourth-order valence-electron chi connectivity index (χ4n) is 3.36. The Bertz CT molecular complexity index is 979. The number of benzene rings is 2. The van der Waals surface area contributed by atoms with Gasteiger partial charge in [-0.2, -0.15) is 0 Å². The summed E-state index contributed by atoms with van der Waals surface area (Å²) in [6, 6.07) is 13.6. The molecule has 2 aromatic rings. The van der Waals surface area contributed by atoms with Crippen molar-refractivity contribution in [2.75, 3.05) is 13.2 Å². The second-order valence-corrected chi connectivity index (χ2v) is 7.67. The standard InChI is InChI=1S/C24H30N4O5/c1-2-3-4-7-21(14-28(33)16-29)24(32)27-15-26-23(31)20-11-6-9-18(13-20)17-8-5-10-19(12-17)22(25)30/h5-6,8-13,16,21,33H,2-4,7,14-15H2,1H3,(H2,25,30)(H,26,31)(H,27,32)/t21-/m1/s1. The number of hydrogen-bond acceptors (Lipinski definition) is 5. The quantitative estimate of drug-likeness (QED) is 0.121. The van der Waals surface area contributed by atoms with Crippen LogP contribution in [-0.4, -0.2) is 47.6 Å².